The van der Waals surface area contributed by atoms with E-state index in [1.54, 1.807) is 18.8 Å². The van der Waals surface area contributed by atoms with Crippen molar-refractivity contribution in [3.63, 3.8) is 0 Å². The number of carboxylic acid groups (broad SMARTS) is 1. The first-order chi connectivity index (χ1) is 6.63. The number of rotatable bonds is 5. The third kappa shape index (κ3) is 3.00. The molecule has 1 N–H and O–H groups in total. The molecule has 0 aliphatic carbocycles. The van der Waals surface area contributed by atoms with Gasteiger partial charge in [-0.05, 0) is 0 Å². The zero-order chi connectivity index (χ0) is 10.6. The zero-order valence-electron chi connectivity index (χ0n) is 7.93. The highest BCUT2D eigenvalue weighted by Crippen LogP contribution is 2.14. The Bertz CT molecular complexity index is 326. The van der Waals surface area contributed by atoms with E-state index < -0.39 is 5.97 Å². The predicted octanol–water partition coefficient (Wildman–Crippen LogP) is 0.138. The maximum absolute atomic E-state index is 10.3. The Labute approximate surface area is 85.3 Å². The minimum Gasteiger partial charge on any atom is -0.481 e. The fraction of sp³-hybridized carbons (Fsp3) is 0.571. The van der Waals surface area contributed by atoms with Gasteiger partial charge < -0.3 is 9.84 Å². The first kappa shape index (κ1) is 11.0. The average Bonchev–Trinajstić information content (AvgIpc) is 2.44. The van der Waals surface area contributed by atoms with Gasteiger partial charge in [0.1, 0.15) is 6.61 Å². The minimum absolute atomic E-state index is 0.0149. The molecule has 0 aliphatic heterocycles. The summed E-state index contributed by atoms with van der Waals surface area (Å²) in [6.07, 6.45) is 0. The summed E-state index contributed by atoms with van der Waals surface area (Å²) in [4.78, 5) is 14.4. The number of nitrogens with zero attached hydrogens (tertiary/aromatic N) is 3. The average molecular weight is 217 g/mol. The lowest BCUT2D eigenvalue weighted by atomic mass is 10.7. The van der Waals surface area contributed by atoms with Gasteiger partial charge in [0.15, 0.2) is 11.0 Å². The molecule has 0 spiro atoms. The number of carboxylic acids is 1. The van der Waals surface area contributed by atoms with Crippen molar-refractivity contribution in [3.8, 4) is 0 Å². The molecule has 14 heavy (non-hydrogen) atoms. The molecule has 0 atom stereocenters. The van der Waals surface area contributed by atoms with Crippen LogP contribution in [0, 0.1) is 0 Å². The summed E-state index contributed by atoms with van der Waals surface area (Å²) in [5, 5.41) is 13.1. The van der Waals surface area contributed by atoms with Crippen LogP contribution >= 0.6 is 11.8 Å². The number of aliphatic carboxylic acids is 1. The lowest BCUT2D eigenvalue weighted by molar-refractivity contribution is -0.133. The SMILES string of the molecule is COCc1nc(SCC(=O)O)n(C)n1. The third-order valence-electron chi connectivity index (χ3n) is 1.37. The summed E-state index contributed by atoms with van der Waals surface area (Å²) in [7, 11) is 3.27. The number of thioether (sulfide) groups is 1. The van der Waals surface area contributed by atoms with Gasteiger partial charge in [-0.15, -0.1) is 0 Å². The summed E-state index contributed by atoms with van der Waals surface area (Å²) < 4.78 is 6.40. The Morgan fingerprint density at radius 1 is 1.71 bits per heavy atom. The molecule has 0 aliphatic rings. The van der Waals surface area contributed by atoms with E-state index in [-0.39, 0.29) is 5.75 Å². The number of aromatic nitrogens is 3. The van der Waals surface area contributed by atoms with Crippen molar-refractivity contribution in [3.05, 3.63) is 5.82 Å². The lowest BCUT2D eigenvalue weighted by Crippen LogP contribution is -2.00. The van der Waals surface area contributed by atoms with Crippen LogP contribution in [0.15, 0.2) is 5.16 Å². The van der Waals surface area contributed by atoms with Crippen LogP contribution in [0.1, 0.15) is 5.82 Å². The molecular formula is C7H11N3O3S. The van der Waals surface area contributed by atoms with Crippen LogP contribution in [0.4, 0.5) is 0 Å². The number of hydrogen-bond donors (Lipinski definition) is 1. The van der Waals surface area contributed by atoms with Gasteiger partial charge in [-0.3, -0.25) is 4.79 Å². The molecule has 0 saturated carbocycles. The van der Waals surface area contributed by atoms with E-state index >= 15 is 0 Å². The molecule has 0 unspecified atom stereocenters. The summed E-state index contributed by atoms with van der Waals surface area (Å²) in [5.74, 6) is -0.326. The highest BCUT2D eigenvalue weighted by atomic mass is 32.2. The molecule has 6 nitrogen and oxygen atoms in total. The summed E-state index contributed by atoms with van der Waals surface area (Å²) >= 11 is 1.14. The van der Waals surface area contributed by atoms with Crippen molar-refractivity contribution in [1.82, 2.24) is 14.8 Å². The molecule has 0 amide bonds. The van der Waals surface area contributed by atoms with Gasteiger partial charge in [-0.1, -0.05) is 11.8 Å². The smallest absolute Gasteiger partial charge is 0.313 e. The number of hydrogen-bond acceptors (Lipinski definition) is 5. The van der Waals surface area contributed by atoms with Crippen molar-refractivity contribution in [1.29, 1.82) is 0 Å². The van der Waals surface area contributed by atoms with Gasteiger partial charge in [0.25, 0.3) is 0 Å². The van der Waals surface area contributed by atoms with E-state index in [0.717, 1.165) is 11.8 Å². The fourth-order valence-electron chi connectivity index (χ4n) is 0.863. The Balaban J connectivity index is 2.62. The topological polar surface area (TPSA) is 77.2 Å². The predicted molar refractivity (Wildman–Crippen MR) is 50.1 cm³/mol. The highest BCUT2D eigenvalue weighted by Gasteiger charge is 2.08. The lowest BCUT2D eigenvalue weighted by Gasteiger charge is -1.94. The Hall–Kier alpha value is -1.08. The standard InChI is InChI=1S/C7H11N3O3S/c1-10-7(14-4-6(11)12)8-5(9-10)3-13-2/h3-4H2,1-2H3,(H,11,12). The molecule has 1 rings (SSSR count). The number of aryl methyl sites for hydroxylation is 1. The zero-order valence-corrected chi connectivity index (χ0v) is 8.74. The summed E-state index contributed by atoms with van der Waals surface area (Å²) in [6, 6.07) is 0. The van der Waals surface area contributed by atoms with Gasteiger partial charge in [0, 0.05) is 14.2 Å². The van der Waals surface area contributed by atoms with Crippen molar-refractivity contribution >= 4 is 17.7 Å². The molecule has 0 radical (unpaired) electrons. The molecule has 0 bridgehead atoms. The molecule has 7 heteroatoms. The summed E-state index contributed by atoms with van der Waals surface area (Å²) in [6.45, 7) is 0.335. The molecule has 1 heterocycles. The van der Waals surface area contributed by atoms with E-state index in [2.05, 4.69) is 10.1 Å². The largest absolute Gasteiger partial charge is 0.481 e. The third-order valence-corrected chi connectivity index (χ3v) is 2.37. The maximum atomic E-state index is 10.3. The van der Waals surface area contributed by atoms with Crippen molar-refractivity contribution < 1.29 is 14.6 Å². The number of methoxy groups -OCH3 is 1. The maximum Gasteiger partial charge on any atom is 0.313 e. The van der Waals surface area contributed by atoms with Crippen LogP contribution in [0.25, 0.3) is 0 Å². The minimum atomic E-state index is -0.869. The molecule has 0 saturated heterocycles. The van der Waals surface area contributed by atoms with Crippen LogP contribution in [0.3, 0.4) is 0 Å². The van der Waals surface area contributed by atoms with E-state index in [1.165, 1.54) is 0 Å². The molecular weight excluding hydrogens is 206 g/mol. The van der Waals surface area contributed by atoms with Crippen LogP contribution in [0.5, 0.6) is 0 Å². The second kappa shape index (κ2) is 4.97. The Morgan fingerprint density at radius 3 is 3.00 bits per heavy atom. The first-order valence-corrected chi connectivity index (χ1v) is 4.85. The monoisotopic (exact) mass is 217 g/mol. The second-order valence-electron chi connectivity index (χ2n) is 2.55. The van der Waals surface area contributed by atoms with Gasteiger partial charge in [-0.2, -0.15) is 5.10 Å². The molecule has 78 valence electrons. The van der Waals surface area contributed by atoms with E-state index in [0.29, 0.717) is 17.6 Å². The molecule has 1 aromatic heterocycles. The molecule has 1 aromatic rings. The fourth-order valence-corrected chi connectivity index (χ4v) is 1.51. The molecule has 0 aromatic carbocycles. The Kier molecular flexibility index (Phi) is 3.90. The van der Waals surface area contributed by atoms with Gasteiger partial charge in [0.2, 0.25) is 0 Å². The van der Waals surface area contributed by atoms with Crippen LogP contribution in [-0.4, -0.2) is 38.7 Å². The van der Waals surface area contributed by atoms with E-state index in [4.69, 9.17) is 9.84 Å². The van der Waals surface area contributed by atoms with Gasteiger partial charge >= 0.3 is 5.97 Å². The number of carbonyl (C=O) groups is 1. The first-order valence-electron chi connectivity index (χ1n) is 3.87. The molecule has 0 fully saturated rings. The van der Waals surface area contributed by atoms with Crippen molar-refractivity contribution in [2.75, 3.05) is 12.9 Å². The van der Waals surface area contributed by atoms with Gasteiger partial charge in [0.05, 0.1) is 5.75 Å². The van der Waals surface area contributed by atoms with Gasteiger partial charge in [-0.25, -0.2) is 9.67 Å². The quantitative estimate of drug-likeness (QED) is 0.707. The number of ether oxygens (including phenoxy) is 1. The highest BCUT2D eigenvalue weighted by molar-refractivity contribution is 7.99. The van der Waals surface area contributed by atoms with Crippen LogP contribution in [0.2, 0.25) is 0 Å². The van der Waals surface area contributed by atoms with Crippen LogP contribution < -0.4 is 0 Å². The van der Waals surface area contributed by atoms with Crippen molar-refractivity contribution in [2.24, 2.45) is 7.05 Å². The van der Waals surface area contributed by atoms with E-state index in [9.17, 15) is 4.79 Å². The van der Waals surface area contributed by atoms with Crippen molar-refractivity contribution in [2.45, 2.75) is 11.8 Å². The summed E-state index contributed by atoms with van der Waals surface area (Å²) in [5.41, 5.74) is 0. The van der Waals surface area contributed by atoms with E-state index in [1.807, 2.05) is 0 Å². The normalized spacial score (nSPS) is 10.4. The second-order valence-corrected chi connectivity index (χ2v) is 3.49. The Morgan fingerprint density at radius 2 is 2.43 bits per heavy atom. The van der Waals surface area contributed by atoms with Crippen LogP contribution in [-0.2, 0) is 23.2 Å².